The molecular formula is C29H52N8O5. The van der Waals surface area contributed by atoms with Crippen molar-refractivity contribution in [2.24, 2.45) is 23.3 Å². The Bertz CT molecular complexity index is 954. The topological polar surface area (TPSA) is 221 Å². The number of primary amides is 1. The van der Waals surface area contributed by atoms with E-state index in [4.69, 9.17) is 16.9 Å². The Kier molecular flexibility index (Phi) is 16.9. The number of carbonyl (C=O) groups is 5. The van der Waals surface area contributed by atoms with Gasteiger partial charge in [0.05, 0.1) is 0 Å². The molecule has 0 bridgehead atoms. The maximum atomic E-state index is 13.6. The van der Waals surface area contributed by atoms with Gasteiger partial charge < -0.3 is 38.1 Å². The third-order valence-corrected chi connectivity index (χ3v) is 7.40. The van der Waals surface area contributed by atoms with Crippen molar-refractivity contribution < 1.29 is 24.0 Å². The number of nitrogens with two attached hydrogens (primary N) is 2. The van der Waals surface area contributed by atoms with E-state index in [9.17, 15) is 24.0 Å². The fourth-order valence-electron chi connectivity index (χ4n) is 4.58. The molecule has 0 aromatic heterocycles. The fourth-order valence-corrected chi connectivity index (χ4v) is 4.58. The minimum absolute atomic E-state index is 0.169. The Morgan fingerprint density at radius 3 is 2.33 bits per heavy atom. The van der Waals surface area contributed by atoms with Gasteiger partial charge in [0.2, 0.25) is 29.5 Å². The smallest absolute Gasteiger partial charge is 0.243 e. The van der Waals surface area contributed by atoms with Crippen molar-refractivity contribution in [3.63, 3.8) is 0 Å². The van der Waals surface area contributed by atoms with Crippen LogP contribution in [0.2, 0.25) is 0 Å². The van der Waals surface area contributed by atoms with Gasteiger partial charge in [-0.3, -0.25) is 29.4 Å². The summed E-state index contributed by atoms with van der Waals surface area (Å²) in [5.74, 6) is -3.20. The van der Waals surface area contributed by atoms with Gasteiger partial charge in [-0.15, -0.1) is 0 Å². The molecular weight excluding hydrogens is 540 g/mol. The van der Waals surface area contributed by atoms with Gasteiger partial charge in [0.1, 0.15) is 24.2 Å². The van der Waals surface area contributed by atoms with Crippen LogP contribution in [-0.2, 0) is 24.0 Å². The van der Waals surface area contributed by atoms with Gasteiger partial charge in [0.25, 0.3) is 0 Å². The SMILES string of the molecule is CC[C@@H](C)[C@@H]1NC(=O)CCCCCC/C=C/C[C@@H](C(=O)N[C@@H](CCCNC(=N)N)C(=O)N[C@H](C(N)=O)C(C)C)NC1=O. The molecule has 0 unspecified atom stereocenters. The molecule has 0 spiro atoms. The van der Waals surface area contributed by atoms with Crippen molar-refractivity contribution in [2.45, 2.75) is 116 Å². The second-order valence-corrected chi connectivity index (χ2v) is 11.3. The molecule has 5 atom stereocenters. The van der Waals surface area contributed by atoms with E-state index in [2.05, 4.69) is 26.6 Å². The van der Waals surface area contributed by atoms with E-state index in [-0.39, 0.29) is 43.1 Å². The van der Waals surface area contributed by atoms with Crippen LogP contribution in [0.5, 0.6) is 0 Å². The number of hydrogen-bond acceptors (Lipinski definition) is 6. The summed E-state index contributed by atoms with van der Waals surface area (Å²) in [6, 6.07) is -3.81. The first-order valence-electron chi connectivity index (χ1n) is 15.1. The monoisotopic (exact) mass is 592 g/mol. The number of rotatable bonds is 12. The van der Waals surface area contributed by atoms with E-state index in [1.807, 2.05) is 26.0 Å². The van der Waals surface area contributed by atoms with E-state index in [0.29, 0.717) is 19.3 Å². The highest BCUT2D eigenvalue weighted by Gasteiger charge is 2.32. The van der Waals surface area contributed by atoms with Crippen molar-refractivity contribution in [1.82, 2.24) is 26.6 Å². The molecule has 13 heteroatoms. The van der Waals surface area contributed by atoms with Crippen molar-refractivity contribution >= 4 is 35.5 Å². The summed E-state index contributed by atoms with van der Waals surface area (Å²) in [7, 11) is 0. The lowest BCUT2D eigenvalue weighted by Gasteiger charge is -2.28. The Labute approximate surface area is 249 Å². The van der Waals surface area contributed by atoms with E-state index in [0.717, 1.165) is 32.1 Å². The van der Waals surface area contributed by atoms with Crippen molar-refractivity contribution in [2.75, 3.05) is 6.54 Å². The molecule has 5 amide bonds. The number of allylic oxidation sites excluding steroid dienone is 1. The second-order valence-electron chi connectivity index (χ2n) is 11.3. The van der Waals surface area contributed by atoms with Crippen LogP contribution in [0.1, 0.15) is 91.9 Å². The summed E-state index contributed by atoms with van der Waals surface area (Å²) in [5, 5.41) is 21.0. The second kappa shape index (κ2) is 19.5. The lowest BCUT2D eigenvalue weighted by molar-refractivity contribution is -0.135. The first kappa shape index (κ1) is 36.4. The maximum Gasteiger partial charge on any atom is 0.243 e. The largest absolute Gasteiger partial charge is 0.370 e. The first-order valence-corrected chi connectivity index (χ1v) is 15.1. The minimum atomic E-state index is -1.05. The molecule has 0 aromatic carbocycles. The Balaban J connectivity index is 3.21. The zero-order valence-corrected chi connectivity index (χ0v) is 25.6. The molecule has 42 heavy (non-hydrogen) atoms. The lowest BCUT2D eigenvalue weighted by Crippen LogP contribution is -2.59. The normalized spacial score (nSPS) is 21.7. The van der Waals surface area contributed by atoms with Crippen molar-refractivity contribution in [3.05, 3.63) is 12.2 Å². The summed E-state index contributed by atoms with van der Waals surface area (Å²) in [5.41, 5.74) is 10.8. The van der Waals surface area contributed by atoms with E-state index in [1.165, 1.54) is 0 Å². The molecule has 0 saturated heterocycles. The zero-order chi connectivity index (χ0) is 31.7. The third-order valence-electron chi connectivity index (χ3n) is 7.40. The molecule has 0 saturated carbocycles. The van der Waals surface area contributed by atoms with Crippen LogP contribution < -0.4 is 38.1 Å². The van der Waals surface area contributed by atoms with Crippen LogP contribution in [0.4, 0.5) is 0 Å². The Morgan fingerprint density at radius 2 is 1.71 bits per heavy atom. The number of nitrogens with one attached hydrogen (secondary N) is 6. The lowest BCUT2D eigenvalue weighted by atomic mass is 9.97. The number of guanidine groups is 1. The molecule has 1 aliphatic heterocycles. The highest BCUT2D eigenvalue weighted by atomic mass is 16.2. The Hall–Kier alpha value is -3.64. The van der Waals surface area contributed by atoms with Crippen LogP contribution in [0.15, 0.2) is 12.2 Å². The average Bonchev–Trinajstić information content (AvgIpc) is 2.93. The molecule has 1 heterocycles. The number of carbonyl (C=O) groups excluding carboxylic acids is 5. The zero-order valence-electron chi connectivity index (χ0n) is 25.6. The van der Waals surface area contributed by atoms with Crippen molar-refractivity contribution in [3.8, 4) is 0 Å². The standard InChI is InChI=1S/C29H52N8O5/c1-5-19(4)24-28(42)35-20(14-11-9-7-6-8-10-12-16-22(38)36-24)26(40)34-21(15-13-17-33-29(31)32)27(41)37-23(18(2)3)25(30)39/h9,11,18-21,23-24H,5-8,10,12-17H2,1-4H3,(H2,30,39)(H,34,40)(H,35,42)(H,36,38)(H,37,41)(H4,31,32,33)/b11-9+/t19-,20+,21+,23+,24+/m1/s1. The summed E-state index contributed by atoms with van der Waals surface area (Å²) in [6.45, 7) is 7.56. The van der Waals surface area contributed by atoms with Gasteiger partial charge >= 0.3 is 0 Å². The van der Waals surface area contributed by atoms with Crippen LogP contribution in [0.3, 0.4) is 0 Å². The van der Waals surface area contributed by atoms with E-state index in [1.54, 1.807) is 13.8 Å². The average molecular weight is 593 g/mol. The number of amides is 5. The van der Waals surface area contributed by atoms with Crippen LogP contribution in [0.25, 0.3) is 0 Å². The van der Waals surface area contributed by atoms with Gasteiger partial charge in [0.15, 0.2) is 5.96 Å². The van der Waals surface area contributed by atoms with E-state index < -0.39 is 47.8 Å². The predicted molar refractivity (Wildman–Crippen MR) is 162 cm³/mol. The molecule has 0 radical (unpaired) electrons. The molecule has 10 N–H and O–H groups in total. The summed E-state index contributed by atoms with van der Waals surface area (Å²) < 4.78 is 0. The van der Waals surface area contributed by atoms with Crippen LogP contribution >= 0.6 is 0 Å². The summed E-state index contributed by atoms with van der Waals surface area (Å²) in [6.07, 6.45) is 9.92. The molecule has 13 nitrogen and oxygen atoms in total. The quantitative estimate of drug-likeness (QED) is 0.0699. The van der Waals surface area contributed by atoms with Gasteiger partial charge in [-0.25, -0.2) is 0 Å². The molecule has 1 rings (SSSR count). The van der Waals surface area contributed by atoms with Gasteiger partial charge in [-0.1, -0.05) is 59.1 Å². The fraction of sp³-hybridized carbons (Fsp3) is 0.724. The minimum Gasteiger partial charge on any atom is -0.370 e. The molecule has 238 valence electrons. The van der Waals surface area contributed by atoms with Gasteiger partial charge in [0, 0.05) is 13.0 Å². The van der Waals surface area contributed by atoms with Gasteiger partial charge in [-0.05, 0) is 50.4 Å². The van der Waals surface area contributed by atoms with Crippen molar-refractivity contribution in [1.29, 1.82) is 5.41 Å². The molecule has 0 aliphatic carbocycles. The van der Waals surface area contributed by atoms with Gasteiger partial charge in [-0.2, -0.15) is 0 Å². The molecule has 0 aromatic rings. The predicted octanol–water partition coefficient (Wildman–Crippen LogP) is 0.677. The highest BCUT2D eigenvalue weighted by Crippen LogP contribution is 2.13. The first-order chi connectivity index (χ1) is 19.9. The summed E-state index contributed by atoms with van der Waals surface area (Å²) >= 11 is 0. The summed E-state index contributed by atoms with van der Waals surface area (Å²) in [4.78, 5) is 64.7. The maximum absolute atomic E-state index is 13.6. The molecule has 0 fully saturated rings. The van der Waals surface area contributed by atoms with E-state index >= 15 is 0 Å². The Morgan fingerprint density at radius 1 is 1.02 bits per heavy atom. The number of hydrogen-bond donors (Lipinski definition) is 8. The molecule has 1 aliphatic rings. The van der Waals surface area contributed by atoms with Crippen LogP contribution in [-0.4, -0.2) is 66.2 Å². The highest BCUT2D eigenvalue weighted by molar-refractivity contribution is 5.95. The third kappa shape index (κ3) is 13.8. The van der Waals surface area contributed by atoms with Crippen LogP contribution in [0, 0.1) is 17.2 Å².